The lowest BCUT2D eigenvalue weighted by Gasteiger charge is -2.46. The van der Waals surface area contributed by atoms with Crippen molar-refractivity contribution in [3.63, 3.8) is 0 Å². The van der Waals surface area contributed by atoms with Crippen LogP contribution in [0.25, 0.3) is 0 Å². The lowest BCUT2D eigenvalue weighted by Crippen LogP contribution is -2.68. The molecule has 0 aliphatic carbocycles. The molecule has 5 saturated heterocycles. The largest absolute Gasteiger partial charge is 0.399 e. The highest BCUT2D eigenvalue weighted by atomic mass is 33.1. The number of aliphatic hydroxyl groups is 7. The van der Waals surface area contributed by atoms with Gasteiger partial charge in [0.05, 0.1) is 255 Å². The monoisotopic (exact) mass is 1730 g/mol. The third kappa shape index (κ3) is 34.5. The molecule has 45 heteroatoms. The average molecular weight is 1730 g/mol. The topological polar surface area (TPSA) is 543 Å². The number of fused-ring (bicyclic) bond motifs is 4. The van der Waals surface area contributed by atoms with Crippen LogP contribution in [0.15, 0.2) is 53.7 Å². The van der Waals surface area contributed by atoms with Crippen molar-refractivity contribution in [1.29, 1.82) is 0 Å². The number of unbranched alkanes of at least 4 members (excludes halogenated alkanes) is 2. The van der Waals surface area contributed by atoms with Crippen LogP contribution >= 0.6 is 21.6 Å². The van der Waals surface area contributed by atoms with Crippen LogP contribution in [-0.2, 0) is 135 Å². The second-order valence-electron chi connectivity index (χ2n) is 28.9. The molecule has 0 aromatic carbocycles. The van der Waals surface area contributed by atoms with Gasteiger partial charge in [-0.1, -0.05) is 33.7 Å². The maximum atomic E-state index is 14.1. The quantitative estimate of drug-likeness (QED) is 0.0111. The first kappa shape index (κ1) is 98.2. The highest BCUT2D eigenvalue weighted by molar-refractivity contribution is 8.76. The Kier molecular flexibility index (Phi) is 44.7. The van der Waals surface area contributed by atoms with Crippen LogP contribution in [0, 0.1) is 0 Å². The highest BCUT2D eigenvalue weighted by Gasteiger charge is 2.60. The van der Waals surface area contributed by atoms with E-state index >= 15 is 0 Å². The zero-order valence-corrected chi connectivity index (χ0v) is 69.1. The molecule has 4 bridgehead atoms. The molecule has 14 N–H and O–H groups in total. The number of pyridine rings is 1. The van der Waals surface area contributed by atoms with E-state index in [0.717, 1.165) is 23.6 Å². The van der Waals surface area contributed by atoms with E-state index in [9.17, 15) is 50.1 Å². The molecular formula is C73H123N13O30S2. The van der Waals surface area contributed by atoms with Crippen LogP contribution in [0.3, 0.4) is 0 Å². The zero-order chi connectivity index (χ0) is 84.3. The standard InChI is InChI=1S/C73H123N13O30S2/c1-52(87)77-61-63(91)66(94)70(3,115-68(61)96)44-106-33-30-103-27-24-100-21-18-97-15-12-84(75)38-54(74)41-109-45-71(79-58(90)9-5-4-8-36-117-118-59-10-6-7-11-76-59,46-110-42-55-39-85(82-80-55)13-16-98-19-22-101-25-28-104-31-34-107-48-72-50-112-60(114-72)37-57(89)65(72)93)47-111-43-56-40-86(83-81-56)14-17-99-20-23-102-26-29-105-32-35-108-49-73-51-113-69(116-73)62(78-53(2)88)64(92)67(73)95/h6-7,10-11,38-40,57,60-69,89,91-96H,4-5,8-9,12-37,41-51,74-75H2,1-3H3,(H,77,87)(H,78,88)(H,79,90)/b54-38-/t57-,60+,61-,62-,63-,64-,65-,66-,67-,68+,69+,70-,71?,72+,73+/m1/s1. The maximum Gasteiger partial charge on any atom is 0.220 e. The number of nitrogens with one attached hydrogen (secondary N) is 3. The minimum Gasteiger partial charge on any atom is -0.399 e. The number of hydrogen-bond acceptors (Lipinski definition) is 40. The maximum absolute atomic E-state index is 14.1. The van der Waals surface area contributed by atoms with E-state index in [4.69, 9.17) is 106 Å². The van der Waals surface area contributed by atoms with E-state index in [1.807, 2.05) is 18.2 Å². The second-order valence-corrected chi connectivity index (χ2v) is 31.4. The van der Waals surface area contributed by atoms with Crippen molar-refractivity contribution < 1.29 is 145 Å². The van der Waals surface area contributed by atoms with E-state index in [0.29, 0.717) is 104 Å². The molecule has 0 spiro atoms. The van der Waals surface area contributed by atoms with Crippen LogP contribution in [0.5, 0.6) is 0 Å². The van der Waals surface area contributed by atoms with Crippen LogP contribution < -0.4 is 27.5 Å². The summed E-state index contributed by atoms with van der Waals surface area (Å²) < 4.78 is 119. The Morgan fingerprint density at radius 3 is 1.64 bits per heavy atom. The van der Waals surface area contributed by atoms with E-state index in [2.05, 4.69) is 41.6 Å². The Morgan fingerprint density at radius 1 is 0.593 bits per heavy atom. The molecule has 0 saturated carbocycles. The van der Waals surface area contributed by atoms with Crippen molar-refractivity contribution >= 4 is 39.3 Å². The summed E-state index contributed by atoms with van der Waals surface area (Å²) in [6.45, 7) is 10.3. The molecule has 3 aromatic rings. The van der Waals surface area contributed by atoms with Gasteiger partial charge < -0.3 is 157 Å². The molecule has 15 atom stereocenters. The number of nitrogens with two attached hydrogens (primary N) is 2. The molecule has 3 aromatic heterocycles. The van der Waals surface area contributed by atoms with Crippen molar-refractivity contribution in [2.75, 3.05) is 211 Å². The molecule has 1 unspecified atom stereocenters. The van der Waals surface area contributed by atoms with Crippen LogP contribution in [0.1, 0.15) is 64.3 Å². The number of aliphatic hydroxyl groups excluding tert-OH is 7. The molecule has 0 radical (unpaired) electrons. The van der Waals surface area contributed by atoms with Crippen molar-refractivity contribution in [3.05, 3.63) is 60.1 Å². The number of aromatic nitrogens is 7. The minimum absolute atomic E-state index is 0.00203. The molecule has 3 amide bonds. The summed E-state index contributed by atoms with van der Waals surface area (Å²) in [6.07, 6.45) is -1.18. The van der Waals surface area contributed by atoms with E-state index in [-0.39, 0.29) is 176 Å². The predicted octanol–water partition coefficient (Wildman–Crippen LogP) is -4.03. The van der Waals surface area contributed by atoms with E-state index in [1.165, 1.54) is 32.0 Å². The molecule has 5 aliphatic rings. The predicted molar refractivity (Wildman–Crippen MR) is 414 cm³/mol. The SMILES string of the molecule is CC(=O)N[C@@H]1[C@@H](O)[C@@H](O)[C@@](C)(COCCOCCOCCOCCN(N)/C=C(\N)COCC(COCc2cn(CCOCCOCCOCCOC[C@@]34CO[C@@H](O3)[C@H](NC(C)=O)[C@@H](O)[C@H]4O)nn2)(COCc2cn(CCOCCOCCOCCOC[C@]34CO[C@H](C[C@@H](O)[C@H]3O)O4)nn2)NC(=O)CCCCCSSc2ccccn2)O[C@@H]1O. The molecule has 43 nitrogen and oxygen atoms in total. The van der Waals surface area contributed by atoms with Crippen molar-refractivity contribution in [2.24, 2.45) is 11.6 Å². The number of hydrogen-bond donors (Lipinski definition) is 12. The van der Waals surface area contributed by atoms with Crippen LogP contribution in [0.4, 0.5) is 0 Å². The molecule has 8 rings (SSSR count). The summed E-state index contributed by atoms with van der Waals surface area (Å²) >= 11 is 0. The molecule has 118 heavy (non-hydrogen) atoms. The molecule has 8 heterocycles. The molecular weight excluding hydrogens is 1600 g/mol. The lowest BCUT2D eigenvalue weighted by molar-refractivity contribution is -0.297. The van der Waals surface area contributed by atoms with Gasteiger partial charge in [-0.25, -0.2) is 20.2 Å². The van der Waals surface area contributed by atoms with Crippen LogP contribution in [0.2, 0.25) is 0 Å². The van der Waals surface area contributed by atoms with Gasteiger partial charge in [0.25, 0.3) is 0 Å². The van der Waals surface area contributed by atoms with Gasteiger partial charge in [0.15, 0.2) is 18.9 Å². The first-order chi connectivity index (χ1) is 57.1. The summed E-state index contributed by atoms with van der Waals surface area (Å²) in [6, 6.07) is 3.67. The van der Waals surface area contributed by atoms with Gasteiger partial charge in [-0.05, 0) is 42.7 Å². The fourth-order valence-electron chi connectivity index (χ4n) is 12.8. The molecule has 5 aliphatic heterocycles. The number of amides is 3. The van der Waals surface area contributed by atoms with Gasteiger partial charge in [0.2, 0.25) is 17.7 Å². The normalized spacial score (nSPS) is 26.1. The van der Waals surface area contributed by atoms with E-state index in [1.54, 1.807) is 49.5 Å². The Balaban J connectivity index is 0.753. The summed E-state index contributed by atoms with van der Waals surface area (Å²) in [5, 5.41) is 101. The Labute approximate surface area is 693 Å². The van der Waals surface area contributed by atoms with Crippen molar-refractivity contribution in [1.82, 2.24) is 55.9 Å². The summed E-state index contributed by atoms with van der Waals surface area (Å²) in [4.78, 5) is 41.6. The summed E-state index contributed by atoms with van der Waals surface area (Å²) in [7, 11) is 3.31. The van der Waals surface area contributed by atoms with Gasteiger partial charge in [0, 0.05) is 44.8 Å². The van der Waals surface area contributed by atoms with E-state index < -0.39 is 95.8 Å². The number of hydrazine groups is 1. The second kappa shape index (κ2) is 53.7. The van der Waals surface area contributed by atoms with Crippen LogP contribution in [-0.4, -0.2) is 394 Å². The smallest absolute Gasteiger partial charge is 0.220 e. The third-order valence-corrected chi connectivity index (χ3v) is 21.3. The number of nitrogens with zero attached hydrogens (tertiary/aromatic N) is 8. The number of carbonyl (C=O) groups is 3. The van der Waals surface area contributed by atoms with Gasteiger partial charge in [-0.15, -0.1) is 10.2 Å². The lowest BCUT2D eigenvalue weighted by atomic mass is 9.87. The Bertz CT molecular complexity index is 3310. The van der Waals surface area contributed by atoms with Gasteiger partial charge in [-0.3, -0.25) is 14.4 Å². The number of rotatable bonds is 66. The average Bonchev–Trinajstić information content (AvgIpc) is 1.67. The first-order valence-corrected chi connectivity index (χ1v) is 41.9. The number of ether oxygens (including phenoxy) is 20. The Hall–Kier alpha value is -5.24. The van der Waals surface area contributed by atoms with Crippen molar-refractivity contribution in [2.45, 2.75) is 174 Å². The molecule has 672 valence electrons. The summed E-state index contributed by atoms with van der Waals surface area (Å²) in [5.74, 6) is 6.04. The fraction of sp³-hybridized carbons (Fsp3) is 0.808. The third-order valence-electron chi connectivity index (χ3n) is 18.9. The van der Waals surface area contributed by atoms with Gasteiger partial charge in [0.1, 0.15) is 81.4 Å². The van der Waals surface area contributed by atoms with Gasteiger partial charge in [-0.2, -0.15) is 0 Å². The van der Waals surface area contributed by atoms with Gasteiger partial charge >= 0.3 is 0 Å². The highest BCUT2D eigenvalue weighted by Crippen LogP contribution is 2.39. The first-order valence-electron chi connectivity index (χ1n) is 39.6. The summed E-state index contributed by atoms with van der Waals surface area (Å²) in [5.41, 5.74) is 2.67. The Morgan fingerprint density at radius 2 is 1.09 bits per heavy atom. The number of carbonyl (C=O) groups excluding carboxylic acids is 3. The fourth-order valence-corrected chi connectivity index (χ4v) is 14.8. The zero-order valence-electron chi connectivity index (χ0n) is 67.5. The minimum atomic E-state index is -1.56. The molecule has 5 fully saturated rings. The van der Waals surface area contributed by atoms with Crippen molar-refractivity contribution in [3.8, 4) is 0 Å².